The van der Waals surface area contributed by atoms with Gasteiger partial charge in [-0.25, -0.2) is 4.98 Å². The lowest BCUT2D eigenvalue weighted by atomic mass is 10.3. The van der Waals surface area contributed by atoms with Crippen LogP contribution in [0, 0.1) is 0 Å². The van der Waals surface area contributed by atoms with Gasteiger partial charge in [-0.15, -0.1) is 11.3 Å². The molecule has 0 aromatic carbocycles. The fourth-order valence-electron chi connectivity index (χ4n) is 1.98. The van der Waals surface area contributed by atoms with Crippen molar-refractivity contribution in [3.63, 3.8) is 0 Å². The maximum Gasteiger partial charge on any atom is 0.406 e. The molecule has 0 saturated carbocycles. The fourth-order valence-corrected chi connectivity index (χ4v) is 3.52. The Morgan fingerprint density at radius 1 is 1.32 bits per heavy atom. The van der Waals surface area contributed by atoms with Crippen LogP contribution < -0.4 is 0 Å². The van der Waals surface area contributed by atoms with Crippen LogP contribution in [0.25, 0.3) is 10.6 Å². The number of nitrogens with zero attached hydrogens (tertiary/aromatic N) is 2. The first kappa shape index (κ1) is 19.4. The van der Waals surface area contributed by atoms with Crippen LogP contribution in [0.1, 0.15) is 12.6 Å². The standard InChI is InChI=1S/C15H15F3N2O3S2/c1-2-23-13(22)6-20(9-15(16,17)18)12(21)5-11-8-25-14(19-11)10-3-4-24-7-10/h3-4,7-8H,2,5-6,9H2,1H3. The normalized spacial score (nSPS) is 11.4. The number of hydrogen-bond acceptors (Lipinski definition) is 6. The number of thiophene rings is 1. The number of thiazole rings is 1. The maximum atomic E-state index is 12.7. The van der Waals surface area contributed by atoms with E-state index in [1.807, 2.05) is 16.8 Å². The molecule has 0 bridgehead atoms. The van der Waals surface area contributed by atoms with Crippen molar-refractivity contribution in [3.8, 4) is 10.6 Å². The van der Waals surface area contributed by atoms with Crippen LogP contribution >= 0.6 is 22.7 Å². The molecule has 2 aromatic rings. The highest BCUT2D eigenvalue weighted by Gasteiger charge is 2.34. The van der Waals surface area contributed by atoms with Gasteiger partial charge in [-0.05, 0) is 18.4 Å². The Morgan fingerprint density at radius 3 is 2.68 bits per heavy atom. The van der Waals surface area contributed by atoms with Gasteiger partial charge in [-0.1, -0.05) is 0 Å². The van der Waals surface area contributed by atoms with Crippen molar-refractivity contribution in [1.82, 2.24) is 9.88 Å². The smallest absolute Gasteiger partial charge is 0.406 e. The molecule has 1 amide bonds. The summed E-state index contributed by atoms with van der Waals surface area (Å²) in [5, 5.41) is 6.09. The second kappa shape index (κ2) is 8.43. The molecule has 25 heavy (non-hydrogen) atoms. The van der Waals surface area contributed by atoms with Crippen molar-refractivity contribution in [3.05, 3.63) is 27.9 Å². The van der Waals surface area contributed by atoms with Gasteiger partial charge in [0.15, 0.2) is 0 Å². The Kier molecular flexibility index (Phi) is 6.54. The van der Waals surface area contributed by atoms with E-state index in [0.717, 1.165) is 5.56 Å². The van der Waals surface area contributed by atoms with Crippen LogP contribution in [0.2, 0.25) is 0 Å². The van der Waals surface area contributed by atoms with Gasteiger partial charge in [0.2, 0.25) is 5.91 Å². The van der Waals surface area contributed by atoms with Gasteiger partial charge in [-0.3, -0.25) is 9.59 Å². The van der Waals surface area contributed by atoms with E-state index in [0.29, 0.717) is 15.6 Å². The van der Waals surface area contributed by atoms with Crippen molar-refractivity contribution in [2.75, 3.05) is 19.7 Å². The minimum absolute atomic E-state index is 0.0307. The molecule has 0 fully saturated rings. The third kappa shape index (κ3) is 6.13. The summed E-state index contributed by atoms with van der Waals surface area (Å²) in [6.45, 7) is -0.683. The van der Waals surface area contributed by atoms with E-state index >= 15 is 0 Å². The molecule has 5 nitrogen and oxygen atoms in total. The highest BCUT2D eigenvalue weighted by atomic mass is 32.1. The Balaban J connectivity index is 2.06. The first-order valence-corrected chi connectivity index (χ1v) is 9.08. The van der Waals surface area contributed by atoms with Crippen LogP contribution in [0.3, 0.4) is 0 Å². The molecule has 0 radical (unpaired) electrons. The maximum absolute atomic E-state index is 12.7. The first-order valence-electron chi connectivity index (χ1n) is 7.25. The van der Waals surface area contributed by atoms with Crippen LogP contribution in [0.15, 0.2) is 22.2 Å². The Labute approximate surface area is 150 Å². The summed E-state index contributed by atoms with van der Waals surface area (Å²) in [5.41, 5.74) is 1.26. The number of ether oxygens (including phenoxy) is 1. The van der Waals surface area contributed by atoms with E-state index in [4.69, 9.17) is 0 Å². The summed E-state index contributed by atoms with van der Waals surface area (Å²) >= 11 is 2.80. The molecular formula is C15H15F3N2O3S2. The summed E-state index contributed by atoms with van der Waals surface area (Å²) in [6.07, 6.45) is -4.91. The van der Waals surface area contributed by atoms with Gasteiger partial charge in [0.25, 0.3) is 0 Å². The predicted octanol–water partition coefficient (Wildman–Crippen LogP) is 3.37. The number of alkyl halides is 3. The lowest BCUT2D eigenvalue weighted by Crippen LogP contribution is -2.43. The molecule has 0 spiro atoms. The molecule has 0 aliphatic carbocycles. The molecule has 2 heterocycles. The van der Waals surface area contributed by atoms with Gasteiger partial charge in [-0.2, -0.15) is 24.5 Å². The average molecular weight is 392 g/mol. The second-order valence-corrected chi connectivity index (χ2v) is 6.64. The van der Waals surface area contributed by atoms with Gasteiger partial charge < -0.3 is 9.64 Å². The molecule has 0 saturated heterocycles. The van der Waals surface area contributed by atoms with Crippen molar-refractivity contribution in [2.24, 2.45) is 0 Å². The first-order chi connectivity index (χ1) is 11.8. The predicted molar refractivity (Wildman–Crippen MR) is 88.4 cm³/mol. The summed E-state index contributed by atoms with van der Waals surface area (Å²) in [7, 11) is 0. The van der Waals surface area contributed by atoms with E-state index in [2.05, 4.69) is 9.72 Å². The summed E-state index contributed by atoms with van der Waals surface area (Å²) in [5.74, 6) is -1.70. The molecule has 0 aliphatic heterocycles. The Morgan fingerprint density at radius 2 is 2.08 bits per heavy atom. The van der Waals surface area contributed by atoms with Gasteiger partial charge in [0.1, 0.15) is 18.1 Å². The van der Waals surface area contributed by atoms with Crippen molar-refractivity contribution in [1.29, 1.82) is 0 Å². The van der Waals surface area contributed by atoms with Crippen LogP contribution in [0.5, 0.6) is 0 Å². The molecule has 2 aromatic heterocycles. The number of carbonyl (C=O) groups excluding carboxylic acids is 2. The number of halogens is 3. The zero-order valence-electron chi connectivity index (χ0n) is 13.2. The Bertz CT molecular complexity index is 714. The van der Waals surface area contributed by atoms with E-state index in [1.165, 1.54) is 29.6 Å². The number of aromatic nitrogens is 1. The van der Waals surface area contributed by atoms with Crippen LogP contribution in [-0.2, 0) is 20.7 Å². The van der Waals surface area contributed by atoms with Gasteiger partial charge >= 0.3 is 12.1 Å². The molecule has 136 valence electrons. The van der Waals surface area contributed by atoms with Crippen LogP contribution in [-0.4, -0.2) is 47.6 Å². The zero-order valence-corrected chi connectivity index (χ0v) is 14.8. The summed E-state index contributed by atoms with van der Waals surface area (Å²) < 4.78 is 42.6. The topological polar surface area (TPSA) is 59.5 Å². The largest absolute Gasteiger partial charge is 0.465 e. The minimum atomic E-state index is -4.61. The zero-order chi connectivity index (χ0) is 18.4. The van der Waals surface area contributed by atoms with Crippen LogP contribution in [0.4, 0.5) is 13.2 Å². The highest BCUT2D eigenvalue weighted by Crippen LogP contribution is 2.26. The summed E-state index contributed by atoms with van der Waals surface area (Å²) in [4.78, 5) is 28.4. The molecule has 10 heteroatoms. The van der Waals surface area contributed by atoms with E-state index < -0.39 is 31.1 Å². The molecule has 0 unspecified atom stereocenters. The fraction of sp³-hybridized carbons (Fsp3) is 0.400. The number of hydrogen-bond donors (Lipinski definition) is 0. The Hall–Kier alpha value is -1.94. The van der Waals surface area contributed by atoms with E-state index in [-0.39, 0.29) is 13.0 Å². The average Bonchev–Trinajstić information content (AvgIpc) is 3.15. The van der Waals surface area contributed by atoms with Crippen molar-refractivity contribution in [2.45, 2.75) is 19.5 Å². The van der Waals surface area contributed by atoms with E-state index in [1.54, 1.807) is 5.38 Å². The minimum Gasteiger partial charge on any atom is -0.465 e. The number of amides is 1. The number of esters is 1. The molecule has 0 aliphatic rings. The van der Waals surface area contributed by atoms with E-state index in [9.17, 15) is 22.8 Å². The SMILES string of the molecule is CCOC(=O)CN(CC(F)(F)F)C(=O)Cc1csc(-c2ccsc2)n1. The monoisotopic (exact) mass is 392 g/mol. The highest BCUT2D eigenvalue weighted by molar-refractivity contribution is 7.14. The molecular weight excluding hydrogens is 377 g/mol. The summed E-state index contributed by atoms with van der Waals surface area (Å²) in [6, 6.07) is 1.87. The van der Waals surface area contributed by atoms with Crippen molar-refractivity contribution < 1.29 is 27.5 Å². The molecule has 0 N–H and O–H groups in total. The molecule has 0 atom stereocenters. The number of carbonyl (C=O) groups is 2. The van der Waals surface area contributed by atoms with Crippen molar-refractivity contribution >= 4 is 34.6 Å². The van der Waals surface area contributed by atoms with Gasteiger partial charge in [0.05, 0.1) is 18.7 Å². The third-order valence-corrected chi connectivity index (χ3v) is 4.62. The lowest BCUT2D eigenvalue weighted by molar-refractivity contribution is -0.167. The number of rotatable bonds is 7. The van der Waals surface area contributed by atoms with Gasteiger partial charge in [0, 0.05) is 16.3 Å². The third-order valence-electron chi connectivity index (χ3n) is 3.00. The second-order valence-electron chi connectivity index (χ2n) is 5.00. The lowest BCUT2D eigenvalue weighted by Gasteiger charge is -2.22. The quantitative estimate of drug-likeness (QED) is 0.678. The molecule has 2 rings (SSSR count).